The van der Waals surface area contributed by atoms with Crippen LogP contribution < -0.4 is 0 Å². The summed E-state index contributed by atoms with van der Waals surface area (Å²) in [6.07, 6.45) is 0. The van der Waals surface area contributed by atoms with Crippen LogP contribution in [0.5, 0.6) is 0 Å². The van der Waals surface area contributed by atoms with Crippen LogP contribution in [0.2, 0.25) is 0 Å². The number of nitro groups is 1. The summed E-state index contributed by atoms with van der Waals surface area (Å²) in [6, 6.07) is 16.2. The molecule has 0 saturated heterocycles. The highest BCUT2D eigenvalue weighted by Gasteiger charge is 2.07. The normalized spacial score (nSPS) is 9.59. The molecule has 0 aromatic heterocycles. The van der Waals surface area contributed by atoms with Gasteiger partial charge in [0.15, 0.2) is 0 Å². The molecule has 0 aliphatic rings. The van der Waals surface area contributed by atoms with E-state index < -0.39 is 4.92 Å². The number of non-ortho nitro benzene ring substituents is 1. The lowest BCUT2D eigenvalue weighted by atomic mass is 10.0. The van der Waals surface area contributed by atoms with Crippen LogP contribution in [0.1, 0.15) is 5.56 Å². The molecule has 0 heterocycles. The second-order valence-corrected chi connectivity index (χ2v) is 3.41. The third-order valence-corrected chi connectivity index (χ3v) is 2.30. The molecule has 4 heteroatoms. The monoisotopic (exact) mass is 223 g/mol. The van der Waals surface area contributed by atoms with Crippen molar-refractivity contribution in [3.8, 4) is 17.2 Å². The third kappa shape index (κ3) is 2.29. The first-order valence-corrected chi connectivity index (χ1v) is 4.87. The average Bonchev–Trinajstić information content (AvgIpc) is 2.39. The maximum atomic E-state index is 10.6. The Kier molecular flexibility index (Phi) is 2.84. The van der Waals surface area contributed by atoms with Crippen LogP contribution >= 0.6 is 0 Å². The van der Waals surface area contributed by atoms with Crippen molar-refractivity contribution in [3.63, 3.8) is 0 Å². The first-order chi connectivity index (χ1) is 8.20. The van der Waals surface area contributed by atoms with E-state index in [1.807, 2.05) is 6.07 Å². The van der Waals surface area contributed by atoms with Gasteiger partial charge in [-0.2, -0.15) is 5.26 Å². The Bertz CT molecular complexity index is 615. The predicted molar refractivity (Wildman–Crippen MR) is 62.1 cm³/mol. The Morgan fingerprint density at radius 1 is 1.29 bits per heavy atom. The molecule has 0 aliphatic heterocycles. The average molecular weight is 223 g/mol. The van der Waals surface area contributed by atoms with Crippen molar-refractivity contribution in [2.24, 2.45) is 0 Å². The van der Waals surface area contributed by atoms with Crippen molar-refractivity contribution >= 4 is 5.69 Å². The third-order valence-electron chi connectivity index (χ3n) is 2.30. The number of rotatable bonds is 2. The van der Waals surface area contributed by atoms with E-state index in [9.17, 15) is 10.1 Å². The zero-order valence-corrected chi connectivity index (χ0v) is 8.75. The van der Waals surface area contributed by atoms with Crippen molar-refractivity contribution in [1.82, 2.24) is 0 Å². The fourth-order valence-corrected chi connectivity index (χ4v) is 1.49. The Morgan fingerprint density at radius 2 is 2.12 bits per heavy atom. The Hall–Kier alpha value is -2.67. The molecule has 1 radical (unpaired) electrons. The Labute approximate surface area is 97.9 Å². The predicted octanol–water partition coefficient (Wildman–Crippen LogP) is 2.93. The van der Waals surface area contributed by atoms with Gasteiger partial charge in [-0.1, -0.05) is 12.1 Å². The van der Waals surface area contributed by atoms with Crippen molar-refractivity contribution in [3.05, 3.63) is 64.2 Å². The molecule has 4 nitrogen and oxygen atoms in total. The van der Waals surface area contributed by atoms with E-state index >= 15 is 0 Å². The Morgan fingerprint density at radius 3 is 2.82 bits per heavy atom. The summed E-state index contributed by atoms with van der Waals surface area (Å²) in [5, 5.41) is 19.4. The topological polar surface area (TPSA) is 66.9 Å². The standard InChI is InChI=1S/C13H7N2O2/c14-9-10-3-1-4-11(7-10)12-5-2-6-13(8-12)15(16)17/h1-4,6-8H. The number of benzene rings is 2. The van der Waals surface area contributed by atoms with Gasteiger partial charge in [0.2, 0.25) is 0 Å². The molecular formula is C13H7N2O2. The summed E-state index contributed by atoms with van der Waals surface area (Å²) in [5.41, 5.74) is 1.88. The molecule has 0 amide bonds. The lowest BCUT2D eigenvalue weighted by Gasteiger charge is -2.01. The van der Waals surface area contributed by atoms with E-state index in [-0.39, 0.29) is 5.69 Å². The zero-order chi connectivity index (χ0) is 12.3. The summed E-state index contributed by atoms with van der Waals surface area (Å²) < 4.78 is 0. The van der Waals surface area contributed by atoms with Crippen LogP contribution in [0.4, 0.5) is 5.69 Å². The Balaban J connectivity index is 2.49. The minimum absolute atomic E-state index is 0.0149. The minimum Gasteiger partial charge on any atom is -0.258 e. The van der Waals surface area contributed by atoms with Crippen molar-refractivity contribution in [1.29, 1.82) is 5.26 Å². The molecule has 81 valence electrons. The van der Waals surface area contributed by atoms with E-state index in [4.69, 9.17) is 5.26 Å². The number of nitrogens with zero attached hydrogens (tertiary/aromatic N) is 2. The molecular weight excluding hydrogens is 216 g/mol. The van der Waals surface area contributed by atoms with Crippen LogP contribution in [-0.4, -0.2) is 4.92 Å². The number of nitro benzene ring substituents is 1. The minimum atomic E-state index is -0.453. The highest BCUT2D eigenvalue weighted by molar-refractivity contribution is 5.66. The van der Waals surface area contributed by atoms with E-state index in [0.717, 1.165) is 5.56 Å². The molecule has 17 heavy (non-hydrogen) atoms. The quantitative estimate of drug-likeness (QED) is 0.580. The summed E-state index contributed by atoms with van der Waals surface area (Å²) in [5.74, 6) is 0. The lowest BCUT2D eigenvalue weighted by Crippen LogP contribution is -1.88. The van der Waals surface area contributed by atoms with Gasteiger partial charge < -0.3 is 0 Å². The summed E-state index contributed by atoms with van der Waals surface area (Å²) >= 11 is 0. The van der Waals surface area contributed by atoms with Crippen LogP contribution in [0.25, 0.3) is 11.1 Å². The smallest absolute Gasteiger partial charge is 0.258 e. The van der Waals surface area contributed by atoms with Crippen LogP contribution in [0, 0.1) is 27.5 Å². The highest BCUT2D eigenvalue weighted by atomic mass is 16.6. The van der Waals surface area contributed by atoms with Gasteiger partial charge >= 0.3 is 0 Å². The van der Waals surface area contributed by atoms with Gasteiger partial charge in [-0.05, 0) is 35.4 Å². The molecule has 0 aliphatic carbocycles. The van der Waals surface area contributed by atoms with Crippen molar-refractivity contribution < 1.29 is 4.92 Å². The second-order valence-electron chi connectivity index (χ2n) is 3.41. The molecule has 0 bridgehead atoms. The van der Waals surface area contributed by atoms with E-state index in [2.05, 4.69) is 6.07 Å². The molecule has 0 saturated carbocycles. The number of hydrogen-bond acceptors (Lipinski definition) is 3. The van der Waals surface area contributed by atoms with Gasteiger partial charge in [-0.25, -0.2) is 0 Å². The van der Waals surface area contributed by atoms with Gasteiger partial charge in [0.25, 0.3) is 5.69 Å². The molecule has 0 N–H and O–H groups in total. The maximum Gasteiger partial charge on any atom is 0.270 e. The highest BCUT2D eigenvalue weighted by Crippen LogP contribution is 2.23. The van der Waals surface area contributed by atoms with Gasteiger partial charge in [0.05, 0.1) is 16.6 Å². The second kappa shape index (κ2) is 4.45. The van der Waals surface area contributed by atoms with Gasteiger partial charge in [-0.15, -0.1) is 0 Å². The molecule has 2 aromatic rings. The zero-order valence-electron chi connectivity index (χ0n) is 8.75. The lowest BCUT2D eigenvalue weighted by molar-refractivity contribution is -0.384. The van der Waals surface area contributed by atoms with Crippen LogP contribution in [0.15, 0.2) is 42.5 Å². The van der Waals surface area contributed by atoms with Crippen LogP contribution in [-0.2, 0) is 0 Å². The van der Waals surface area contributed by atoms with Crippen LogP contribution in [0.3, 0.4) is 0 Å². The summed E-state index contributed by atoms with van der Waals surface area (Å²) in [6.45, 7) is 0. The van der Waals surface area contributed by atoms with Crippen molar-refractivity contribution in [2.45, 2.75) is 0 Å². The first kappa shape index (κ1) is 10.8. The van der Waals surface area contributed by atoms with E-state index in [1.165, 1.54) is 18.2 Å². The molecule has 0 spiro atoms. The van der Waals surface area contributed by atoms with E-state index in [1.54, 1.807) is 24.3 Å². The summed E-state index contributed by atoms with van der Waals surface area (Å²) in [4.78, 5) is 10.2. The van der Waals surface area contributed by atoms with Gasteiger partial charge in [0, 0.05) is 12.1 Å². The van der Waals surface area contributed by atoms with Gasteiger partial charge in [-0.3, -0.25) is 10.1 Å². The molecule has 0 fully saturated rings. The number of hydrogen-bond donors (Lipinski definition) is 0. The molecule has 2 rings (SSSR count). The fraction of sp³-hybridized carbons (Fsp3) is 0. The molecule has 0 atom stereocenters. The molecule has 0 unspecified atom stereocenters. The SMILES string of the molecule is N#Cc1cccc(-c2[c]ccc([N+](=O)[O-])c2)c1. The molecule has 2 aromatic carbocycles. The van der Waals surface area contributed by atoms with Crippen molar-refractivity contribution in [2.75, 3.05) is 0 Å². The largest absolute Gasteiger partial charge is 0.270 e. The fourth-order valence-electron chi connectivity index (χ4n) is 1.49. The number of nitriles is 1. The van der Waals surface area contributed by atoms with E-state index in [0.29, 0.717) is 11.1 Å². The summed E-state index contributed by atoms with van der Waals surface area (Å²) in [7, 11) is 0. The van der Waals surface area contributed by atoms with Gasteiger partial charge in [0.1, 0.15) is 0 Å². The first-order valence-electron chi connectivity index (χ1n) is 4.87. The maximum absolute atomic E-state index is 10.6.